The van der Waals surface area contributed by atoms with Crippen LogP contribution in [0.5, 0.6) is 0 Å². The van der Waals surface area contributed by atoms with E-state index in [9.17, 15) is 7.13 Å². The van der Waals surface area contributed by atoms with Gasteiger partial charge in [0.1, 0.15) is 6.17 Å². The van der Waals surface area contributed by atoms with Gasteiger partial charge in [0.25, 0.3) is 8.32 Å². The Balaban J connectivity index is 1.89. The highest BCUT2D eigenvalue weighted by Crippen LogP contribution is 2.45. The van der Waals surface area contributed by atoms with Crippen LogP contribution in [-0.2, 0) is 4.43 Å². The molecular weight excluding hydrogens is 377 g/mol. The largest absolute Gasteiger partial charge is 0.406 e. The number of hydrogen-bond acceptors (Lipinski definition) is 2. The zero-order chi connectivity index (χ0) is 22.5. The molecule has 2 aromatic rings. The first-order valence-corrected chi connectivity index (χ1v) is 12.7. The normalized spacial score (nSPS) is 29.4. The summed E-state index contributed by atoms with van der Waals surface area (Å²) in [5.74, 6) is 0. The van der Waals surface area contributed by atoms with Crippen LogP contribution in [0, 0.1) is 0 Å². The van der Waals surface area contributed by atoms with Crippen molar-refractivity contribution >= 4 is 18.7 Å². The fourth-order valence-corrected chi connectivity index (χ4v) is 9.65. The summed E-state index contributed by atoms with van der Waals surface area (Å²) in [7, 11) is -3.09. The molecule has 0 aliphatic carbocycles. The van der Waals surface area contributed by atoms with Crippen molar-refractivity contribution in [3.63, 3.8) is 0 Å². The van der Waals surface area contributed by atoms with Gasteiger partial charge in [-0.25, -0.2) is 4.39 Å². The summed E-state index contributed by atoms with van der Waals surface area (Å²) in [4.78, 5) is 2.05. The summed E-state index contributed by atoms with van der Waals surface area (Å²) in [6, 6.07) is 20.0. The predicted octanol–water partition coefficient (Wildman–Crippen LogP) is 4.53. The molecule has 0 unspecified atom stereocenters. The molecule has 2 heterocycles. The molecule has 0 aromatic heterocycles. The van der Waals surface area contributed by atoms with Crippen LogP contribution in [0.4, 0.5) is 4.39 Å². The number of benzene rings is 2. The Morgan fingerprint density at radius 1 is 1.10 bits per heavy atom. The maximum absolute atomic E-state index is 14.9. The van der Waals surface area contributed by atoms with E-state index >= 15 is 0 Å². The molecule has 0 amide bonds. The average Bonchev–Trinajstić information content (AvgIpc) is 3.26. The second kappa shape index (κ2) is 7.64. The Morgan fingerprint density at radius 2 is 1.66 bits per heavy atom. The van der Waals surface area contributed by atoms with Crippen LogP contribution in [0.2, 0.25) is 5.04 Å². The number of nitrogens with zero attached hydrogens (tertiary/aromatic N) is 1. The van der Waals surface area contributed by atoms with Gasteiger partial charge in [-0.05, 0) is 41.7 Å². The third-order valence-electron chi connectivity index (χ3n) is 6.90. The molecule has 2 aromatic carbocycles. The lowest BCUT2D eigenvalue weighted by molar-refractivity contribution is 0.0878. The van der Waals surface area contributed by atoms with Crippen LogP contribution < -0.4 is 10.4 Å². The highest BCUT2D eigenvalue weighted by molar-refractivity contribution is 6.99. The molecule has 3 atom stereocenters. The van der Waals surface area contributed by atoms with Crippen LogP contribution in [-0.4, -0.2) is 44.1 Å². The van der Waals surface area contributed by atoms with Gasteiger partial charge < -0.3 is 4.43 Å². The maximum Gasteiger partial charge on any atom is 0.261 e. The van der Waals surface area contributed by atoms with Gasteiger partial charge >= 0.3 is 0 Å². The van der Waals surface area contributed by atoms with E-state index < -0.39 is 26.6 Å². The molecule has 0 spiro atoms. The highest BCUT2D eigenvalue weighted by Gasteiger charge is 2.56. The molecule has 2 saturated heterocycles. The van der Waals surface area contributed by atoms with Crippen LogP contribution in [0.1, 0.15) is 49.7 Å². The minimum atomic E-state index is -3.09. The summed E-state index contributed by atoms with van der Waals surface area (Å²) >= 11 is 0. The Morgan fingerprint density at radius 3 is 2.17 bits per heavy atom. The lowest BCUT2D eigenvalue weighted by Crippen LogP contribution is -2.68. The van der Waals surface area contributed by atoms with Crippen molar-refractivity contribution in [1.82, 2.24) is 4.90 Å². The van der Waals surface area contributed by atoms with Gasteiger partial charge in [0, 0.05) is 18.0 Å². The Hall–Kier alpha value is -1.49. The summed E-state index contributed by atoms with van der Waals surface area (Å²) in [5.41, 5.74) is -0.918. The predicted molar refractivity (Wildman–Crippen MR) is 121 cm³/mol. The quantitative estimate of drug-likeness (QED) is 0.668. The molecule has 0 radical (unpaired) electrons. The van der Waals surface area contributed by atoms with Gasteiger partial charge in [-0.1, -0.05) is 81.4 Å². The van der Waals surface area contributed by atoms with Gasteiger partial charge in [-0.15, -0.1) is 0 Å². The van der Waals surface area contributed by atoms with E-state index in [1.807, 2.05) is 43.3 Å². The van der Waals surface area contributed by atoms with Crippen molar-refractivity contribution < 1.29 is 11.6 Å². The minimum Gasteiger partial charge on any atom is -0.406 e. The van der Waals surface area contributed by atoms with E-state index in [2.05, 4.69) is 49.9 Å². The third-order valence-corrected chi connectivity index (χ3v) is 11.7. The molecule has 2 aliphatic rings. The summed E-state index contributed by atoms with van der Waals surface area (Å²) in [6.45, 7) is 7.07. The van der Waals surface area contributed by atoms with E-state index in [-0.39, 0.29) is 17.5 Å². The molecule has 29 heavy (non-hydrogen) atoms. The van der Waals surface area contributed by atoms with Gasteiger partial charge in [-0.3, -0.25) is 4.90 Å². The molecule has 4 heteroatoms. The van der Waals surface area contributed by atoms with E-state index in [0.29, 0.717) is 6.42 Å². The minimum absolute atomic E-state index is 0.194. The zero-order valence-electron chi connectivity index (χ0n) is 20.0. The average molecular weight is 414 g/mol. The first-order valence-electron chi connectivity index (χ1n) is 11.8. The lowest BCUT2D eigenvalue weighted by Gasteiger charge is -2.45. The van der Waals surface area contributed by atoms with E-state index in [4.69, 9.17) is 4.43 Å². The number of hydrogen-bond donors (Lipinski definition) is 0. The second-order valence-corrected chi connectivity index (χ2v) is 13.9. The first kappa shape index (κ1) is 18.3. The van der Waals surface area contributed by atoms with Crippen molar-refractivity contribution in [2.24, 2.45) is 0 Å². The summed E-state index contributed by atoms with van der Waals surface area (Å²) in [6.07, 6.45) is 0.668. The fraction of sp³-hybridized carbons (Fsp3) is 0.520. The van der Waals surface area contributed by atoms with E-state index in [0.717, 1.165) is 23.3 Å². The third kappa shape index (κ3) is 3.39. The molecule has 2 fully saturated rings. The number of fused-ring (bicyclic) bond motifs is 1. The first-order chi connectivity index (χ1) is 14.6. The SMILES string of the molecule is [2H]C([2H])(O[Si](c1ccccc1)(c1ccccc1)C(C)(C)C)[C@@]12CCCN1[C@H](C)[C@H](F)C2. The molecule has 2 aliphatic heterocycles. The Labute approximate surface area is 179 Å². The smallest absolute Gasteiger partial charge is 0.261 e. The zero-order valence-corrected chi connectivity index (χ0v) is 19.0. The molecule has 156 valence electrons. The van der Waals surface area contributed by atoms with Gasteiger partial charge in [0.05, 0.1) is 9.30 Å². The number of halogens is 1. The van der Waals surface area contributed by atoms with Crippen molar-refractivity contribution in [2.75, 3.05) is 13.1 Å². The monoisotopic (exact) mass is 413 g/mol. The summed E-state index contributed by atoms with van der Waals surface area (Å²) < 4.78 is 40.4. The molecular formula is C25H34FNOSi. The molecule has 0 saturated carbocycles. The molecule has 0 bridgehead atoms. The topological polar surface area (TPSA) is 12.5 Å². The Bertz CT molecular complexity index is 865. The van der Waals surface area contributed by atoms with E-state index in [1.54, 1.807) is 0 Å². The van der Waals surface area contributed by atoms with Crippen LogP contribution in [0.3, 0.4) is 0 Å². The lowest BCUT2D eigenvalue weighted by atomic mass is 9.95. The highest BCUT2D eigenvalue weighted by atomic mass is 28.4. The van der Waals surface area contributed by atoms with Crippen molar-refractivity contribution in [3.8, 4) is 0 Å². The summed E-state index contributed by atoms with van der Waals surface area (Å²) in [5, 5.41) is 1.75. The fourth-order valence-electron chi connectivity index (χ4n) is 5.37. The van der Waals surface area contributed by atoms with E-state index in [1.165, 1.54) is 0 Å². The van der Waals surface area contributed by atoms with Gasteiger partial charge in [0.2, 0.25) is 0 Å². The maximum atomic E-state index is 14.9. The standard InChI is InChI=1S/C25H34FNOSi/c1-20-23(26)18-25(16-11-17-27(20)25)19-28-29(24(2,3)4,21-12-7-5-8-13-21)22-14-9-6-10-15-22/h5-10,12-15,20,23H,11,16-19H2,1-4H3/t20-,23-,25+/m1/s1/i19D2. The second-order valence-electron chi connectivity index (χ2n) is 9.66. The van der Waals surface area contributed by atoms with Crippen molar-refractivity contribution in [1.29, 1.82) is 0 Å². The number of alkyl halides is 1. The Kier molecular flexibility index (Phi) is 4.82. The van der Waals surface area contributed by atoms with Crippen molar-refractivity contribution in [2.45, 2.75) is 69.7 Å². The van der Waals surface area contributed by atoms with Crippen LogP contribution >= 0.6 is 0 Å². The van der Waals surface area contributed by atoms with Crippen LogP contribution in [0.25, 0.3) is 0 Å². The molecule has 4 rings (SSSR count). The number of rotatable bonds is 5. The van der Waals surface area contributed by atoms with Gasteiger partial charge in [-0.2, -0.15) is 0 Å². The van der Waals surface area contributed by atoms with Gasteiger partial charge in [0.15, 0.2) is 0 Å². The molecule has 0 N–H and O–H groups in total. The molecule has 2 nitrogen and oxygen atoms in total. The van der Waals surface area contributed by atoms with Crippen molar-refractivity contribution in [3.05, 3.63) is 60.7 Å². The van der Waals surface area contributed by atoms with Crippen LogP contribution in [0.15, 0.2) is 60.7 Å².